The van der Waals surface area contributed by atoms with Crippen molar-refractivity contribution in [1.82, 2.24) is 9.80 Å². The van der Waals surface area contributed by atoms with Crippen LogP contribution in [0, 0.1) is 0 Å². The van der Waals surface area contributed by atoms with Gasteiger partial charge in [0.15, 0.2) is 0 Å². The summed E-state index contributed by atoms with van der Waals surface area (Å²) in [5.41, 5.74) is 1.28. The molecule has 6 nitrogen and oxygen atoms in total. The molecule has 0 aliphatic carbocycles. The van der Waals surface area contributed by atoms with Gasteiger partial charge in [0.2, 0.25) is 5.91 Å². The van der Waals surface area contributed by atoms with Crippen molar-refractivity contribution < 1.29 is 19.1 Å². The van der Waals surface area contributed by atoms with Crippen LogP contribution in [0.4, 0.5) is 0 Å². The number of likely N-dealkylation sites (N-methyl/N-ethyl adjacent to an activating group) is 1. The largest absolute Gasteiger partial charge is 0.496 e. The maximum atomic E-state index is 13.2. The summed E-state index contributed by atoms with van der Waals surface area (Å²) in [6, 6.07) is 12.0. The van der Waals surface area contributed by atoms with Crippen LogP contribution in [0.5, 0.6) is 11.5 Å². The Hall–Kier alpha value is -2.73. The van der Waals surface area contributed by atoms with Crippen LogP contribution in [0.1, 0.15) is 28.8 Å². The van der Waals surface area contributed by atoms with E-state index in [0.29, 0.717) is 35.8 Å². The zero-order valence-electron chi connectivity index (χ0n) is 16.9. The van der Waals surface area contributed by atoms with Crippen LogP contribution in [0.15, 0.2) is 42.5 Å². The number of rotatable bonds is 6. The van der Waals surface area contributed by atoms with Crippen LogP contribution < -0.4 is 9.47 Å². The van der Waals surface area contributed by atoms with Gasteiger partial charge in [-0.25, -0.2) is 0 Å². The Balaban J connectivity index is 1.78. The fourth-order valence-corrected chi connectivity index (χ4v) is 3.86. The predicted octanol–water partition coefficient (Wildman–Crippen LogP) is 3.62. The Morgan fingerprint density at radius 3 is 2.59 bits per heavy atom. The minimum Gasteiger partial charge on any atom is -0.496 e. The smallest absolute Gasteiger partial charge is 0.258 e. The number of nitrogens with zero attached hydrogens (tertiary/aromatic N) is 2. The van der Waals surface area contributed by atoms with Gasteiger partial charge >= 0.3 is 0 Å². The van der Waals surface area contributed by atoms with Crippen molar-refractivity contribution in [3.05, 3.63) is 58.6 Å². The summed E-state index contributed by atoms with van der Waals surface area (Å²) in [4.78, 5) is 29.6. The number of amides is 2. The number of hydrogen-bond donors (Lipinski definition) is 0. The minimum atomic E-state index is -0.508. The lowest BCUT2D eigenvalue weighted by molar-refractivity contribution is -0.134. The number of carbonyl (C=O) groups excluding carboxylic acids is 2. The molecule has 3 rings (SSSR count). The first-order chi connectivity index (χ1) is 14.0. The van der Waals surface area contributed by atoms with Gasteiger partial charge in [0.25, 0.3) is 5.91 Å². The molecule has 0 aromatic heterocycles. The first-order valence-corrected chi connectivity index (χ1v) is 9.85. The highest BCUT2D eigenvalue weighted by Crippen LogP contribution is 2.29. The van der Waals surface area contributed by atoms with E-state index in [0.717, 1.165) is 17.7 Å². The van der Waals surface area contributed by atoms with E-state index in [1.165, 1.54) is 7.11 Å². The van der Waals surface area contributed by atoms with Gasteiger partial charge in [-0.2, -0.15) is 0 Å². The lowest BCUT2D eigenvalue weighted by atomic mass is 10.1. The second kappa shape index (κ2) is 9.18. The molecule has 1 saturated heterocycles. The van der Waals surface area contributed by atoms with E-state index < -0.39 is 6.04 Å². The van der Waals surface area contributed by atoms with Crippen LogP contribution in [0.2, 0.25) is 5.02 Å². The minimum absolute atomic E-state index is 0.0947. The molecule has 0 spiro atoms. The molecule has 1 aliphatic rings. The van der Waals surface area contributed by atoms with Gasteiger partial charge in [-0.05, 0) is 37.1 Å². The molecule has 0 N–H and O–H groups in total. The number of ether oxygens (including phenoxy) is 2. The van der Waals surface area contributed by atoms with Gasteiger partial charge < -0.3 is 19.3 Å². The van der Waals surface area contributed by atoms with E-state index >= 15 is 0 Å². The highest BCUT2D eigenvalue weighted by molar-refractivity contribution is 6.31. The molecule has 1 fully saturated rings. The Morgan fingerprint density at radius 1 is 1.14 bits per heavy atom. The molecule has 0 saturated carbocycles. The summed E-state index contributed by atoms with van der Waals surface area (Å²) < 4.78 is 10.7. The van der Waals surface area contributed by atoms with E-state index in [4.69, 9.17) is 21.1 Å². The predicted molar refractivity (Wildman–Crippen MR) is 112 cm³/mol. The second-order valence-corrected chi connectivity index (χ2v) is 7.44. The van der Waals surface area contributed by atoms with Crippen molar-refractivity contribution in [2.24, 2.45) is 0 Å². The molecule has 7 heteroatoms. The van der Waals surface area contributed by atoms with Crippen molar-refractivity contribution >= 4 is 23.4 Å². The van der Waals surface area contributed by atoms with Crippen LogP contribution in [-0.4, -0.2) is 55.5 Å². The number of likely N-dealkylation sites (tertiary alicyclic amines) is 1. The van der Waals surface area contributed by atoms with Crippen molar-refractivity contribution in [3.8, 4) is 11.5 Å². The summed E-state index contributed by atoms with van der Waals surface area (Å²) in [6.45, 7) is 0.926. The molecule has 1 heterocycles. The van der Waals surface area contributed by atoms with Crippen molar-refractivity contribution in [2.75, 3.05) is 27.8 Å². The van der Waals surface area contributed by atoms with Gasteiger partial charge in [0.05, 0.1) is 19.8 Å². The SMILES string of the molecule is COc1ccccc1CN(C)C(=O)[C@H]1CCCN1C(=O)c1cc(Cl)ccc1OC. The maximum absolute atomic E-state index is 13.2. The fraction of sp³-hybridized carbons (Fsp3) is 0.364. The standard InChI is InChI=1S/C22H25ClN2O4/c1-24(14-15-7-4-5-9-19(15)28-2)22(27)18-8-6-12-25(18)21(26)17-13-16(23)10-11-20(17)29-3/h4-5,7,9-11,13,18H,6,8,12,14H2,1-3H3/t18-/m1/s1. The molecule has 0 radical (unpaired) electrons. The molecule has 2 aromatic rings. The van der Waals surface area contributed by atoms with Gasteiger partial charge in [-0.1, -0.05) is 29.8 Å². The summed E-state index contributed by atoms with van der Waals surface area (Å²) in [7, 11) is 4.86. The quantitative estimate of drug-likeness (QED) is 0.721. The number of para-hydroxylation sites is 1. The molecule has 0 unspecified atom stereocenters. The normalized spacial score (nSPS) is 15.9. The Bertz CT molecular complexity index is 902. The highest BCUT2D eigenvalue weighted by atomic mass is 35.5. The number of methoxy groups -OCH3 is 2. The Kier molecular flexibility index (Phi) is 6.64. The third-order valence-electron chi connectivity index (χ3n) is 5.17. The maximum Gasteiger partial charge on any atom is 0.258 e. The summed E-state index contributed by atoms with van der Waals surface area (Å²) >= 11 is 6.08. The fourth-order valence-electron chi connectivity index (χ4n) is 3.69. The first-order valence-electron chi connectivity index (χ1n) is 9.47. The highest BCUT2D eigenvalue weighted by Gasteiger charge is 2.37. The molecule has 154 valence electrons. The average Bonchev–Trinajstić information content (AvgIpc) is 3.22. The van der Waals surface area contributed by atoms with E-state index in [9.17, 15) is 9.59 Å². The summed E-state index contributed by atoms with van der Waals surface area (Å²) in [5, 5.41) is 0.449. The topological polar surface area (TPSA) is 59.1 Å². The summed E-state index contributed by atoms with van der Waals surface area (Å²) in [6.07, 6.45) is 1.40. The third-order valence-corrected chi connectivity index (χ3v) is 5.40. The average molecular weight is 417 g/mol. The number of benzene rings is 2. The Labute approximate surface area is 176 Å². The van der Waals surface area contributed by atoms with Crippen LogP contribution in [0.25, 0.3) is 0 Å². The number of hydrogen-bond acceptors (Lipinski definition) is 4. The molecule has 2 amide bonds. The monoisotopic (exact) mass is 416 g/mol. The van der Waals surface area contributed by atoms with E-state index in [1.807, 2.05) is 24.3 Å². The lowest BCUT2D eigenvalue weighted by Crippen LogP contribution is -2.46. The molecule has 1 aliphatic heterocycles. The second-order valence-electron chi connectivity index (χ2n) is 7.01. The van der Waals surface area contributed by atoms with Gasteiger partial charge in [0, 0.05) is 30.7 Å². The molecular formula is C22H25ClN2O4. The number of carbonyl (C=O) groups is 2. The Morgan fingerprint density at radius 2 is 1.86 bits per heavy atom. The van der Waals surface area contributed by atoms with E-state index in [1.54, 1.807) is 42.2 Å². The zero-order chi connectivity index (χ0) is 21.0. The van der Waals surface area contributed by atoms with E-state index in [-0.39, 0.29) is 11.8 Å². The molecular weight excluding hydrogens is 392 g/mol. The lowest BCUT2D eigenvalue weighted by Gasteiger charge is -2.29. The molecule has 2 aromatic carbocycles. The zero-order valence-corrected chi connectivity index (χ0v) is 17.6. The number of halogens is 1. The molecule has 29 heavy (non-hydrogen) atoms. The molecule has 0 bridgehead atoms. The van der Waals surface area contributed by atoms with Crippen LogP contribution in [-0.2, 0) is 11.3 Å². The molecule has 1 atom stereocenters. The van der Waals surface area contributed by atoms with Crippen LogP contribution in [0.3, 0.4) is 0 Å². The van der Waals surface area contributed by atoms with Crippen molar-refractivity contribution in [2.45, 2.75) is 25.4 Å². The first kappa shape index (κ1) is 21.0. The van der Waals surface area contributed by atoms with Gasteiger partial charge in [-0.3, -0.25) is 9.59 Å². The van der Waals surface area contributed by atoms with Crippen molar-refractivity contribution in [1.29, 1.82) is 0 Å². The third kappa shape index (κ3) is 4.48. The van der Waals surface area contributed by atoms with Crippen LogP contribution >= 0.6 is 11.6 Å². The van der Waals surface area contributed by atoms with Gasteiger partial charge in [-0.15, -0.1) is 0 Å². The van der Waals surface area contributed by atoms with E-state index in [2.05, 4.69) is 0 Å². The van der Waals surface area contributed by atoms with Crippen molar-refractivity contribution in [3.63, 3.8) is 0 Å². The summed E-state index contributed by atoms with van der Waals surface area (Å²) in [5.74, 6) is 0.837. The van der Waals surface area contributed by atoms with Gasteiger partial charge in [0.1, 0.15) is 17.5 Å².